The number of aromatic nitrogens is 3. The molecule has 1 amide bonds. The van der Waals surface area contributed by atoms with Crippen LogP contribution in [0.25, 0.3) is 11.4 Å². The van der Waals surface area contributed by atoms with E-state index in [0.29, 0.717) is 17.1 Å². The van der Waals surface area contributed by atoms with Crippen LogP contribution in [0.1, 0.15) is 23.6 Å². The van der Waals surface area contributed by atoms with Crippen LogP contribution in [0.3, 0.4) is 0 Å². The number of nitrogens with zero attached hydrogens (tertiary/aromatic N) is 3. The molecule has 0 atom stereocenters. The molecule has 0 aliphatic carbocycles. The lowest BCUT2D eigenvalue weighted by Gasteiger charge is -2.14. The van der Waals surface area contributed by atoms with Crippen LogP contribution in [0.4, 0.5) is 0 Å². The molecule has 2 aromatic carbocycles. The van der Waals surface area contributed by atoms with Crippen molar-refractivity contribution in [2.45, 2.75) is 33.5 Å². The lowest BCUT2D eigenvalue weighted by atomic mass is 10.1. The third kappa shape index (κ3) is 5.62. The molecule has 0 saturated heterocycles. The van der Waals surface area contributed by atoms with E-state index in [1.54, 1.807) is 4.57 Å². The minimum Gasteiger partial charge on any atom is -0.350 e. The number of amides is 1. The van der Waals surface area contributed by atoms with Crippen molar-refractivity contribution < 1.29 is 4.79 Å². The number of aromatic amines is 1. The van der Waals surface area contributed by atoms with Gasteiger partial charge in [0.25, 0.3) is 0 Å². The maximum atomic E-state index is 12.6. The fraction of sp³-hybridized carbons (Fsp3) is 0.318. The lowest BCUT2D eigenvalue weighted by molar-refractivity contribution is -0.121. The zero-order valence-electron chi connectivity index (χ0n) is 17.1. The number of benzene rings is 2. The summed E-state index contributed by atoms with van der Waals surface area (Å²) in [4.78, 5) is 14.8. The van der Waals surface area contributed by atoms with Gasteiger partial charge in [0, 0.05) is 18.7 Å². The first-order valence-electron chi connectivity index (χ1n) is 9.71. The predicted octanol–water partition coefficient (Wildman–Crippen LogP) is 3.68. The summed E-state index contributed by atoms with van der Waals surface area (Å²) in [6.07, 6.45) is 0. The number of carbonyl (C=O) groups excluding carboxylic acids is 1. The van der Waals surface area contributed by atoms with Crippen molar-refractivity contribution in [2.75, 3.05) is 13.6 Å². The summed E-state index contributed by atoms with van der Waals surface area (Å²) in [6.45, 7) is 6.65. The van der Waals surface area contributed by atoms with Gasteiger partial charge in [-0.25, -0.2) is 0 Å². The number of carbonyl (C=O) groups is 1. The minimum atomic E-state index is -0.105. The molecule has 0 bridgehead atoms. The number of hydrogen-bond donors (Lipinski definition) is 2. The maximum Gasteiger partial charge on any atom is 0.240 e. The molecule has 0 saturated carbocycles. The van der Waals surface area contributed by atoms with E-state index in [-0.39, 0.29) is 12.5 Å². The molecule has 0 aliphatic heterocycles. The Balaban J connectivity index is 1.65. The Labute approximate surface area is 176 Å². The first kappa shape index (κ1) is 21.0. The SMILES string of the molecule is CCN(C)Cc1cccc(CNC(=O)Cn2c(-c3ccc(C)cc3)n[nH]c2=S)c1. The molecule has 0 radical (unpaired) electrons. The molecule has 1 heterocycles. The van der Waals surface area contributed by atoms with Gasteiger partial charge < -0.3 is 10.2 Å². The summed E-state index contributed by atoms with van der Waals surface area (Å²) >= 11 is 5.32. The van der Waals surface area contributed by atoms with E-state index < -0.39 is 0 Å². The van der Waals surface area contributed by atoms with Crippen LogP contribution in [-0.4, -0.2) is 39.2 Å². The largest absolute Gasteiger partial charge is 0.350 e. The van der Waals surface area contributed by atoms with Crippen LogP contribution in [-0.2, 0) is 24.4 Å². The van der Waals surface area contributed by atoms with Crippen LogP contribution >= 0.6 is 12.2 Å². The van der Waals surface area contributed by atoms with Crippen LogP contribution < -0.4 is 5.32 Å². The Morgan fingerprint density at radius 3 is 2.66 bits per heavy atom. The topological polar surface area (TPSA) is 66.0 Å². The Morgan fingerprint density at radius 1 is 1.21 bits per heavy atom. The zero-order chi connectivity index (χ0) is 20.8. The van der Waals surface area contributed by atoms with Crippen molar-refractivity contribution in [1.29, 1.82) is 0 Å². The van der Waals surface area contributed by atoms with Gasteiger partial charge in [-0.15, -0.1) is 0 Å². The molecule has 152 valence electrons. The van der Waals surface area contributed by atoms with Gasteiger partial charge in [0.2, 0.25) is 5.91 Å². The molecule has 6 nitrogen and oxygen atoms in total. The summed E-state index contributed by atoms with van der Waals surface area (Å²) in [5, 5.41) is 10.1. The fourth-order valence-electron chi connectivity index (χ4n) is 3.05. The zero-order valence-corrected chi connectivity index (χ0v) is 17.9. The Morgan fingerprint density at radius 2 is 1.93 bits per heavy atom. The quantitative estimate of drug-likeness (QED) is 0.557. The molecule has 0 aliphatic rings. The van der Waals surface area contributed by atoms with Crippen molar-refractivity contribution in [3.05, 3.63) is 70.0 Å². The molecule has 0 fully saturated rings. The summed E-state index contributed by atoms with van der Waals surface area (Å²) in [6, 6.07) is 16.3. The van der Waals surface area contributed by atoms with Crippen molar-refractivity contribution >= 4 is 18.1 Å². The third-order valence-electron chi connectivity index (χ3n) is 4.84. The van der Waals surface area contributed by atoms with Gasteiger partial charge in [0.05, 0.1) is 0 Å². The molecule has 2 N–H and O–H groups in total. The number of H-pyrrole nitrogens is 1. The number of hydrogen-bond acceptors (Lipinski definition) is 4. The standard InChI is InChI=1S/C22H27N5OS/c1-4-26(3)14-18-7-5-6-17(12-18)13-23-20(28)15-27-21(24-25-22(27)29)19-10-8-16(2)9-11-19/h5-12H,4,13-15H2,1-3H3,(H,23,28)(H,25,29). The highest BCUT2D eigenvalue weighted by Gasteiger charge is 2.12. The van der Waals surface area contributed by atoms with Crippen LogP contribution in [0, 0.1) is 11.7 Å². The molecule has 0 spiro atoms. The summed E-state index contributed by atoms with van der Waals surface area (Å²) in [5.74, 6) is 0.557. The van der Waals surface area contributed by atoms with Crippen molar-refractivity contribution in [1.82, 2.24) is 25.0 Å². The Bertz CT molecular complexity index is 1020. The summed E-state index contributed by atoms with van der Waals surface area (Å²) in [5.41, 5.74) is 4.40. The Kier molecular flexibility index (Phi) is 6.95. The monoisotopic (exact) mass is 409 g/mol. The van der Waals surface area contributed by atoms with E-state index in [1.807, 2.05) is 43.3 Å². The van der Waals surface area contributed by atoms with Gasteiger partial charge in [0.15, 0.2) is 10.6 Å². The molecule has 3 aromatic rings. The highest BCUT2D eigenvalue weighted by Crippen LogP contribution is 2.18. The van der Waals surface area contributed by atoms with Crippen LogP contribution in [0.2, 0.25) is 0 Å². The number of rotatable bonds is 8. The van der Waals surface area contributed by atoms with Gasteiger partial charge in [-0.05, 0) is 43.9 Å². The van der Waals surface area contributed by atoms with Crippen LogP contribution in [0.5, 0.6) is 0 Å². The molecular formula is C22H27N5OS. The molecule has 0 unspecified atom stereocenters. The van der Waals surface area contributed by atoms with Gasteiger partial charge in [-0.3, -0.25) is 14.5 Å². The van der Waals surface area contributed by atoms with E-state index in [4.69, 9.17) is 12.2 Å². The van der Waals surface area contributed by atoms with Crippen LogP contribution in [0.15, 0.2) is 48.5 Å². The van der Waals surface area contributed by atoms with E-state index >= 15 is 0 Å². The molecular weight excluding hydrogens is 382 g/mol. The number of aryl methyl sites for hydroxylation is 1. The van der Waals surface area contributed by atoms with Gasteiger partial charge in [-0.1, -0.05) is 61.0 Å². The Hall–Kier alpha value is -2.77. The normalized spacial score (nSPS) is 11.0. The van der Waals surface area contributed by atoms with Gasteiger partial charge in [0.1, 0.15) is 6.54 Å². The molecule has 7 heteroatoms. The van der Waals surface area contributed by atoms with Gasteiger partial charge in [-0.2, -0.15) is 5.10 Å². The fourth-order valence-corrected chi connectivity index (χ4v) is 3.25. The second-order valence-corrected chi connectivity index (χ2v) is 7.62. The first-order chi connectivity index (χ1) is 14.0. The van der Waals surface area contributed by atoms with Crippen molar-refractivity contribution in [3.63, 3.8) is 0 Å². The lowest BCUT2D eigenvalue weighted by Crippen LogP contribution is -2.27. The number of nitrogens with one attached hydrogen (secondary N) is 2. The average Bonchev–Trinajstić information content (AvgIpc) is 3.07. The third-order valence-corrected chi connectivity index (χ3v) is 5.15. The highest BCUT2D eigenvalue weighted by molar-refractivity contribution is 7.71. The molecule has 1 aromatic heterocycles. The molecule has 3 rings (SSSR count). The van der Waals surface area contributed by atoms with Crippen molar-refractivity contribution in [3.8, 4) is 11.4 Å². The minimum absolute atomic E-state index is 0.105. The summed E-state index contributed by atoms with van der Waals surface area (Å²) < 4.78 is 2.16. The smallest absolute Gasteiger partial charge is 0.240 e. The molecule has 29 heavy (non-hydrogen) atoms. The van der Waals surface area contributed by atoms with E-state index in [9.17, 15) is 4.79 Å². The van der Waals surface area contributed by atoms with Crippen molar-refractivity contribution in [2.24, 2.45) is 0 Å². The highest BCUT2D eigenvalue weighted by atomic mass is 32.1. The first-order valence-corrected chi connectivity index (χ1v) is 10.1. The van der Waals surface area contributed by atoms with E-state index in [0.717, 1.165) is 24.2 Å². The summed E-state index contributed by atoms with van der Waals surface area (Å²) in [7, 11) is 2.09. The predicted molar refractivity (Wildman–Crippen MR) is 118 cm³/mol. The average molecular weight is 410 g/mol. The second-order valence-electron chi connectivity index (χ2n) is 7.23. The second kappa shape index (κ2) is 9.62. The van der Waals surface area contributed by atoms with E-state index in [1.165, 1.54) is 11.1 Å². The van der Waals surface area contributed by atoms with E-state index in [2.05, 4.69) is 46.5 Å². The maximum absolute atomic E-state index is 12.6. The van der Waals surface area contributed by atoms with Gasteiger partial charge >= 0.3 is 0 Å².